The predicted octanol–water partition coefficient (Wildman–Crippen LogP) is 0.409. The molecular formula is C9H17NO2. The number of hydrogen-bond donors (Lipinski definition) is 2. The number of ether oxygens (including phenoxy) is 1. The standard InChI is InChI=1S/C9H17NO2/c10-8(4-6-12-7-5-8)9(11)2-1-3-9/h11H,1-7,10H2. The van der Waals surface area contributed by atoms with Gasteiger partial charge in [-0.1, -0.05) is 0 Å². The molecule has 0 atom stereocenters. The molecule has 0 spiro atoms. The summed E-state index contributed by atoms with van der Waals surface area (Å²) < 4.78 is 5.24. The summed E-state index contributed by atoms with van der Waals surface area (Å²) in [5.41, 5.74) is 5.24. The molecule has 3 N–H and O–H groups in total. The molecule has 1 saturated carbocycles. The second kappa shape index (κ2) is 2.69. The van der Waals surface area contributed by atoms with E-state index in [0.717, 1.165) is 32.1 Å². The van der Waals surface area contributed by atoms with E-state index in [0.29, 0.717) is 13.2 Å². The highest BCUT2D eigenvalue weighted by molar-refractivity contribution is 5.08. The smallest absolute Gasteiger partial charge is 0.0828 e. The molecule has 1 saturated heterocycles. The van der Waals surface area contributed by atoms with E-state index in [1.165, 1.54) is 0 Å². The van der Waals surface area contributed by atoms with Crippen molar-refractivity contribution in [2.45, 2.75) is 43.2 Å². The summed E-state index contributed by atoms with van der Waals surface area (Å²) in [7, 11) is 0. The maximum Gasteiger partial charge on any atom is 0.0828 e. The Balaban J connectivity index is 2.07. The number of hydrogen-bond acceptors (Lipinski definition) is 3. The molecule has 2 fully saturated rings. The molecule has 0 bridgehead atoms. The lowest BCUT2D eigenvalue weighted by Crippen LogP contribution is -2.66. The SMILES string of the molecule is NC1(C2(O)CCC2)CCOCC1. The van der Waals surface area contributed by atoms with Crippen LogP contribution < -0.4 is 5.73 Å². The summed E-state index contributed by atoms with van der Waals surface area (Å²) >= 11 is 0. The molecule has 0 aromatic carbocycles. The van der Waals surface area contributed by atoms with Crippen LogP contribution in [-0.2, 0) is 4.74 Å². The molecular weight excluding hydrogens is 154 g/mol. The maximum absolute atomic E-state index is 10.1. The highest BCUT2D eigenvalue weighted by Gasteiger charge is 2.51. The van der Waals surface area contributed by atoms with E-state index in [1.807, 2.05) is 0 Å². The van der Waals surface area contributed by atoms with Crippen molar-refractivity contribution in [3.8, 4) is 0 Å². The topological polar surface area (TPSA) is 55.5 Å². The molecule has 1 aliphatic carbocycles. The van der Waals surface area contributed by atoms with Crippen LogP contribution in [0, 0.1) is 0 Å². The zero-order valence-corrected chi connectivity index (χ0v) is 7.38. The van der Waals surface area contributed by atoms with Crippen molar-refractivity contribution in [2.75, 3.05) is 13.2 Å². The minimum absolute atomic E-state index is 0.358. The fourth-order valence-electron chi connectivity index (χ4n) is 2.21. The Morgan fingerprint density at radius 3 is 2.08 bits per heavy atom. The molecule has 0 unspecified atom stereocenters. The van der Waals surface area contributed by atoms with Gasteiger partial charge in [-0.25, -0.2) is 0 Å². The van der Waals surface area contributed by atoms with E-state index in [-0.39, 0.29) is 5.54 Å². The van der Waals surface area contributed by atoms with Crippen LogP contribution in [-0.4, -0.2) is 29.5 Å². The van der Waals surface area contributed by atoms with Gasteiger partial charge in [-0.15, -0.1) is 0 Å². The van der Waals surface area contributed by atoms with Gasteiger partial charge in [0.15, 0.2) is 0 Å². The van der Waals surface area contributed by atoms with Crippen molar-refractivity contribution in [3.63, 3.8) is 0 Å². The van der Waals surface area contributed by atoms with E-state index < -0.39 is 5.60 Å². The zero-order chi connectivity index (χ0) is 8.66. The van der Waals surface area contributed by atoms with E-state index in [9.17, 15) is 5.11 Å². The fourth-order valence-corrected chi connectivity index (χ4v) is 2.21. The third kappa shape index (κ3) is 1.08. The summed E-state index contributed by atoms with van der Waals surface area (Å²) in [6.45, 7) is 1.41. The Morgan fingerprint density at radius 1 is 1.08 bits per heavy atom. The average Bonchev–Trinajstić information content (AvgIpc) is 2.01. The quantitative estimate of drug-likeness (QED) is 0.600. The molecule has 2 aliphatic rings. The third-order valence-electron chi connectivity index (χ3n) is 3.49. The van der Waals surface area contributed by atoms with Gasteiger partial charge < -0.3 is 15.6 Å². The van der Waals surface area contributed by atoms with Gasteiger partial charge in [0.05, 0.1) is 5.60 Å². The summed E-state index contributed by atoms with van der Waals surface area (Å²) in [6, 6.07) is 0. The first-order valence-corrected chi connectivity index (χ1v) is 4.75. The molecule has 0 aromatic heterocycles. The highest BCUT2D eigenvalue weighted by Crippen LogP contribution is 2.43. The number of rotatable bonds is 1. The summed E-state index contributed by atoms with van der Waals surface area (Å²) in [5, 5.41) is 10.1. The largest absolute Gasteiger partial charge is 0.388 e. The Kier molecular flexibility index (Phi) is 1.90. The molecule has 12 heavy (non-hydrogen) atoms. The second-order valence-electron chi connectivity index (χ2n) is 4.15. The molecule has 0 amide bonds. The minimum atomic E-state index is -0.573. The normalized spacial score (nSPS) is 32.5. The molecule has 2 rings (SSSR count). The first-order valence-electron chi connectivity index (χ1n) is 4.75. The van der Waals surface area contributed by atoms with E-state index in [4.69, 9.17) is 10.5 Å². The Labute approximate surface area is 72.9 Å². The van der Waals surface area contributed by atoms with Crippen LogP contribution >= 0.6 is 0 Å². The van der Waals surface area contributed by atoms with Crippen LogP contribution in [0.15, 0.2) is 0 Å². The molecule has 0 aromatic rings. The lowest BCUT2D eigenvalue weighted by Gasteiger charge is -2.52. The first kappa shape index (κ1) is 8.48. The van der Waals surface area contributed by atoms with Gasteiger partial charge in [-0.05, 0) is 32.1 Å². The van der Waals surface area contributed by atoms with Gasteiger partial charge in [0.2, 0.25) is 0 Å². The van der Waals surface area contributed by atoms with Crippen LogP contribution in [0.25, 0.3) is 0 Å². The Morgan fingerprint density at radius 2 is 1.67 bits per heavy atom. The van der Waals surface area contributed by atoms with Gasteiger partial charge in [-0.2, -0.15) is 0 Å². The number of nitrogens with two attached hydrogens (primary N) is 1. The summed E-state index contributed by atoms with van der Waals surface area (Å²) in [4.78, 5) is 0. The third-order valence-corrected chi connectivity index (χ3v) is 3.49. The average molecular weight is 171 g/mol. The predicted molar refractivity (Wildman–Crippen MR) is 45.8 cm³/mol. The van der Waals surface area contributed by atoms with Crippen molar-refractivity contribution in [2.24, 2.45) is 5.73 Å². The van der Waals surface area contributed by atoms with Crippen molar-refractivity contribution in [1.29, 1.82) is 0 Å². The molecule has 0 radical (unpaired) electrons. The van der Waals surface area contributed by atoms with E-state index in [1.54, 1.807) is 0 Å². The zero-order valence-electron chi connectivity index (χ0n) is 7.38. The van der Waals surface area contributed by atoms with Crippen molar-refractivity contribution in [3.05, 3.63) is 0 Å². The van der Waals surface area contributed by atoms with E-state index in [2.05, 4.69) is 0 Å². The molecule has 1 aliphatic heterocycles. The maximum atomic E-state index is 10.1. The van der Waals surface area contributed by atoms with Gasteiger partial charge in [0.25, 0.3) is 0 Å². The van der Waals surface area contributed by atoms with Crippen LogP contribution in [0.5, 0.6) is 0 Å². The van der Waals surface area contributed by atoms with Crippen molar-refractivity contribution in [1.82, 2.24) is 0 Å². The van der Waals surface area contributed by atoms with Gasteiger partial charge in [-0.3, -0.25) is 0 Å². The Bertz CT molecular complexity index is 171. The first-order chi connectivity index (χ1) is 5.66. The molecule has 3 nitrogen and oxygen atoms in total. The monoisotopic (exact) mass is 171 g/mol. The van der Waals surface area contributed by atoms with E-state index >= 15 is 0 Å². The van der Waals surface area contributed by atoms with Gasteiger partial charge in [0.1, 0.15) is 0 Å². The van der Waals surface area contributed by atoms with Crippen molar-refractivity contribution >= 4 is 0 Å². The van der Waals surface area contributed by atoms with Crippen molar-refractivity contribution < 1.29 is 9.84 Å². The van der Waals surface area contributed by atoms with Crippen LogP contribution in [0.3, 0.4) is 0 Å². The second-order valence-corrected chi connectivity index (χ2v) is 4.15. The molecule has 3 heteroatoms. The lowest BCUT2D eigenvalue weighted by molar-refractivity contribution is -0.128. The summed E-state index contributed by atoms with van der Waals surface area (Å²) in [5.74, 6) is 0. The van der Waals surface area contributed by atoms with Crippen LogP contribution in [0.2, 0.25) is 0 Å². The molecule has 1 heterocycles. The van der Waals surface area contributed by atoms with Gasteiger partial charge >= 0.3 is 0 Å². The minimum Gasteiger partial charge on any atom is -0.388 e. The van der Waals surface area contributed by atoms with Crippen LogP contribution in [0.1, 0.15) is 32.1 Å². The summed E-state index contributed by atoms with van der Waals surface area (Å²) in [6.07, 6.45) is 4.50. The highest BCUT2D eigenvalue weighted by atomic mass is 16.5. The fraction of sp³-hybridized carbons (Fsp3) is 1.00. The van der Waals surface area contributed by atoms with Crippen LogP contribution in [0.4, 0.5) is 0 Å². The lowest BCUT2D eigenvalue weighted by atomic mass is 9.64. The Hall–Kier alpha value is -0.120. The number of aliphatic hydroxyl groups is 1. The van der Waals surface area contributed by atoms with Gasteiger partial charge in [0, 0.05) is 18.8 Å². The molecule has 70 valence electrons.